The standard InChI is InChI=1S/C9H12N6OS3/c1-15(2)8-13-14-9(19-8)18-4-5-3-17-7(11-5)6(16)12-10/h3H,4,10H2,1-2H3,(H,12,16). The molecule has 0 saturated heterocycles. The normalized spacial score (nSPS) is 10.5. The van der Waals surface area contributed by atoms with E-state index in [0.717, 1.165) is 15.2 Å². The Kier molecular flexibility index (Phi) is 4.69. The highest BCUT2D eigenvalue weighted by Gasteiger charge is 2.11. The van der Waals surface area contributed by atoms with E-state index in [1.165, 1.54) is 22.7 Å². The number of hydrogen-bond donors (Lipinski definition) is 2. The summed E-state index contributed by atoms with van der Waals surface area (Å²) in [4.78, 5) is 17.4. The van der Waals surface area contributed by atoms with Gasteiger partial charge < -0.3 is 4.90 Å². The van der Waals surface area contributed by atoms with Crippen molar-refractivity contribution in [1.29, 1.82) is 0 Å². The van der Waals surface area contributed by atoms with Crippen LogP contribution < -0.4 is 16.2 Å². The molecule has 2 aromatic rings. The van der Waals surface area contributed by atoms with E-state index in [1.54, 1.807) is 11.8 Å². The van der Waals surface area contributed by atoms with Crippen LogP contribution in [0.25, 0.3) is 0 Å². The molecule has 2 rings (SSSR count). The predicted molar refractivity (Wildman–Crippen MR) is 77.6 cm³/mol. The van der Waals surface area contributed by atoms with Crippen LogP contribution in [0.5, 0.6) is 0 Å². The minimum Gasteiger partial charge on any atom is -0.353 e. The molecule has 0 bridgehead atoms. The number of carbonyl (C=O) groups is 1. The summed E-state index contributed by atoms with van der Waals surface area (Å²) in [5.74, 6) is 5.33. The first-order valence-corrected chi connectivity index (χ1v) is 7.87. The minimum absolute atomic E-state index is 0.365. The van der Waals surface area contributed by atoms with Crippen LogP contribution in [0.3, 0.4) is 0 Å². The molecule has 10 heteroatoms. The summed E-state index contributed by atoms with van der Waals surface area (Å²) >= 11 is 4.33. The second-order valence-corrected chi connectivity index (χ2v) is 6.69. The van der Waals surface area contributed by atoms with Crippen molar-refractivity contribution in [2.75, 3.05) is 19.0 Å². The SMILES string of the molecule is CN(C)c1nnc(SCc2csc(C(=O)NN)n2)s1. The average Bonchev–Trinajstić information content (AvgIpc) is 3.04. The largest absolute Gasteiger partial charge is 0.353 e. The van der Waals surface area contributed by atoms with Gasteiger partial charge in [0.1, 0.15) is 0 Å². The van der Waals surface area contributed by atoms with Gasteiger partial charge in [-0.15, -0.1) is 21.5 Å². The van der Waals surface area contributed by atoms with Gasteiger partial charge in [0.2, 0.25) is 5.13 Å². The number of nitrogens with two attached hydrogens (primary N) is 1. The molecular weight excluding hydrogens is 304 g/mol. The Morgan fingerprint density at radius 2 is 2.32 bits per heavy atom. The quantitative estimate of drug-likeness (QED) is 0.367. The van der Waals surface area contributed by atoms with Gasteiger partial charge in [-0.25, -0.2) is 10.8 Å². The number of nitrogens with zero attached hydrogens (tertiary/aromatic N) is 4. The Hall–Kier alpha value is -1.23. The lowest BCUT2D eigenvalue weighted by Crippen LogP contribution is -2.29. The van der Waals surface area contributed by atoms with Crippen molar-refractivity contribution in [2.45, 2.75) is 10.1 Å². The molecule has 2 aromatic heterocycles. The predicted octanol–water partition coefficient (Wildman–Crippen LogP) is 0.956. The number of hydrogen-bond acceptors (Lipinski definition) is 9. The number of hydrazine groups is 1. The van der Waals surface area contributed by atoms with Crippen LogP contribution in [0, 0.1) is 0 Å². The van der Waals surface area contributed by atoms with Crippen LogP contribution in [0.4, 0.5) is 5.13 Å². The fourth-order valence-electron chi connectivity index (χ4n) is 1.12. The molecule has 0 aliphatic heterocycles. The van der Waals surface area contributed by atoms with Crippen LogP contribution in [-0.4, -0.2) is 35.2 Å². The van der Waals surface area contributed by atoms with Gasteiger partial charge in [-0.2, -0.15) is 0 Å². The highest BCUT2D eigenvalue weighted by atomic mass is 32.2. The number of aromatic nitrogens is 3. The van der Waals surface area contributed by atoms with Crippen molar-refractivity contribution in [1.82, 2.24) is 20.6 Å². The fourth-order valence-corrected chi connectivity index (χ4v) is 3.60. The van der Waals surface area contributed by atoms with Gasteiger partial charge >= 0.3 is 0 Å². The molecule has 0 aliphatic rings. The Bertz CT molecular complexity index is 566. The molecule has 0 spiro atoms. The van der Waals surface area contributed by atoms with E-state index < -0.39 is 0 Å². The molecule has 102 valence electrons. The smallest absolute Gasteiger partial charge is 0.294 e. The van der Waals surface area contributed by atoms with Crippen molar-refractivity contribution < 1.29 is 4.79 Å². The van der Waals surface area contributed by atoms with E-state index in [-0.39, 0.29) is 5.91 Å². The van der Waals surface area contributed by atoms with Crippen molar-refractivity contribution in [3.63, 3.8) is 0 Å². The first-order chi connectivity index (χ1) is 9.10. The summed E-state index contributed by atoms with van der Waals surface area (Å²) in [5.41, 5.74) is 2.89. The first-order valence-electron chi connectivity index (χ1n) is 5.19. The van der Waals surface area contributed by atoms with Crippen LogP contribution >= 0.6 is 34.4 Å². The molecule has 19 heavy (non-hydrogen) atoms. The molecule has 1 amide bonds. The lowest BCUT2D eigenvalue weighted by Gasteiger charge is -2.03. The Morgan fingerprint density at radius 3 is 2.95 bits per heavy atom. The summed E-state index contributed by atoms with van der Waals surface area (Å²) in [7, 11) is 3.85. The second-order valence-electron chi connectivity index (χ2n) is 3.65. The maximum absolute atomic E-state index is 11.3. The molecule has 0 radical (unpaired) electrons. The molecule has 0 atom stereocenters. The van der Waals surface area contributed by atoms with Crippen molar-refractivity contribution in [3.05, 3.63) is 16.1 Å². The van der Waals surface area contributed by atoms with E-state index in [9.17, 15) is 4.79 Å². The summed E-state index contributed by atoms with van der Waals surface area (Å²) in [5, 5.41) is 11.2. The molecule has 0 saturated carbocycles. The zero-order valence-electron chi connectivity index (χ0n) is 10.3. The van der Waals surface area contributed by atoms with E-state index in [1.807, 2.05) is 24.4 Å². The maximum Gasteiger partial charge on any atom is 0.294 e. The zero-order chi connectivity index (χ0) is 13.8. The topological polar surface area (TPSA) is 97.0 Å². The molecule has 3 N–H and O–H groups in total. The van der Waals surface area contributed by atoms with Crippen molar-refractivity contribution >= 4 is 45.5 Å². The Labute approximate surface area is 122 Å². The third-order valence-corrected chi connectivity index (χ3v) is 5.15. The highest BCUT2D eigenvalue weighted by Crippen LogP contribution is 2.29. The molecule has 7 nitrogen and oxygen atoms in total. The Balaban J connectivity index is 1.94. The van der Waals surface area contributed by atoms with E-state index >= 15 is 0 Å². The number of nitrogens with one attached hydrogen (secondary N) is 1. The lowest BCUT2D eigenvalue weighted by atomic mass is 10.5. The summed E-state index contributed by atoms with van der Waals surface area (Å²) in [6.45, 7) is 0. The Morgan fingerprint density at radius 1 is 1.53 bits per heavy atom. The zero-order valence-corrected chi connectivity index (χ0v) is 12.7. The van der Waals surface area contributed by atoms with Gasteiger partial charge in [-0.3, -0.25) is 10.2 Å². The number of carbonyl (C=O) groups excluding carboxylic acids is 1. The fraction of sp³-hybridized carbons (Fsp3) is 0.333. The van der Waals surface area contributed by atoms with Gasteiger partial charge in [0.05, 0.1) is 5.69 Å². The number of anilines is 1. The number of rotatable bonds is 5. The third-order valence-electron chi connectivity index (χ3n) is 2.00. The number of thiazole rings is 1. The second kappa shape index (κ2) is 6.28. The number of amides is 1. The molecule has 0 aliphatic carbocycles. The monoisotopic (exact) mass is 316 g/mol. The molecule has 0 fully saturated rings. The van der Waals surface area contributed by atoms with Gasteiger partial charge in [0.25, 0.3) is 5.91 Å². The van der Waals surface area contributed by atoms with Crippen molar-refractivity contribution in [2.24, 2.45) is 5.84 Å². The number of nitrogen functional groups attached to an aromatic ring is 1. The molecular formula is C9H12N6OS3. The van der Waals surface area contributed by atoms with Gasteiger partial charge in [0.15, 0.2) is 9.35 Å². The summed E-state index contributed by atoms with van der Waals surface area (Å²) in [6.07, 6.45) is 0. The first kappa shape index (κ1) is 14.2. The van der Waals surface area contributed by atoms with E-state index in [4.69, 9.17) is 5.84 Å². The van der Waals surface area contributed by atoms with E-state index in [0.29, 0.717) is 10.8 Å². The van der Waals surface area contributed by atoms with E-state index in [2.05, 4.69) is 20.6 Å². The highest BCUT2D eigenvalue weighted by molar-refractivity contribution is 8.00. The molecule has 0 unspecified atom stereocenters. The van der Waals surface area contributed by atoms with Crippen LogP contribution in [0.15, 0.2) is 9.72 Å². The van der Waals surface area contributed by atoms with Crippen LogP contribution in [0.1, 0.15) is 15.5 Å². The summed E-state index contributed by atoms with van der Waals surface area (Å²) < 4.78 is 0.876. The summed E-state index contributed by atoms with van der Waals surface area (Å²) in [6, 6.07) is 0. The third kappa shape index (κ3) is 3.62. The molecule has 2 heterocycles. The van der Waals surface area contributed by atoms with Gasteiger partial charge in [0, 0.05) is 25.2 Å². The van der Waals surface area contributed by atoms with Gasteiger partial charge in [-0.05, 0) is 0 Å². The maximum atomic E-state index is 11.3. The van der Waals surface area contributed by atoms with Crippen LogP contribution in [-0.2, 0) is 5.75 Å². The lowest BCUT2D eigenvalue weighted by molar-refractivity contribution is 0.0953. The minimum atomic E-state index is -0.368. The number of thioether (sulfide) groups is 1. The van der Waals surface area contributed by atoms with Gasteiger partial charge in [-0.1, -0.05) is 23.1 Å². The van der Waals surface area contributed by atoms with Crippen LogP contribution in [0.2, 0.25) is 0 Å². The average molecular weight is 316 g/mol. The molecule has 0 aromatic carbocycles. The van der Waals surface area contributed by atoms with Crippen molar-refractivity contribution in [3.8, 4) is 0 Å².